The Balaban J connectivity index is 2.07. The van der Waals surface area contributed by atoms with Crippen LogP contribution >= 0.6 is 0 Å². The molecule has 0 radical (unpaired) electrons. The zero-order valence-electron chi connectivity index (χ0n) is 10.8. The summed E-state index contributed by atoms with van der Waals surface area (Å²) in [6, 6.07) is -0.0303. The lowest BCUT2D eigenvalue weighted by Gasteiger charge is -2.44. The predicted molar refractivity (Wildman–Crippen MR) is 63.7 cm³/mol. The van der Waals surface area contributed by atoms with E-state index < -0.39 is 0 Å². The van der Waals surface area contributed by atoms with E-state index in [0.717, 1.165) is 19.5 Å². The summed E-state index contributed by atoms with van der Waals surface area (Å²) in [5, 5.41) is 9.25. The van der Waals surface area contributed by atoms with E-state index in [1.54, 1.807) is 4.90 Å². The summed E-state index contributed by atoms with van der Waals surface area (Å²) in [6.45, 7) is 6.23. The standard InChI is InChI=1S/C12H22N2O3/c1-12(2)8-14(6-9(7-15)17-12)10-4-5-13(3)11(10)16/h9-10,15H,4-8H2,1-3H3. The first-order valence-corrected chi connectivity index (χ1v) is 6.20. The Morgan fingerprint density at radius 2 is 2.24 bits per heavy atom. The van der Waals surface area contributed by atoms with Gasteiger partial charge in [0.2, 0.25) is 5.91 Å². The van der Waals surface area contributed by atoms with Gasteiger partial charge in [-0.3, -0.25) is 9.69 Å². The zero-order chi connectivity index (χ0) is 12.6. The van der Waals surface area contributed by atoms with Crippen molar-refractivity contribution in [1.82, 2.24) is 9.80 Å². The van der Waals surface area contributed by atoms with Crippen molar-refractivity contribution in [3.8, 4) is 0 Å². The van der Waals surface area contributed by atoms with Crippen molar-refractivity contribution in [3.63, 3.8) is 0 Å². The van der Waals surface area contributed by atoms with E-state index in [1.807, 2.05) is 20.9 Å². The molecule has 0 saturated carbocycles. The fraction of sp³-hybridized carbons (Fsp3) is 0.917. The van der Waals surface area contributed by atoms with Crippen LogP contribution in [0.4, 0.5) is 0 Å². The molecule has 1 N–H and O–H groups in total. The van der Waals surface area contributed by atoms with Gasteiger partial charge in [0.1, 0.15) is 0 Å². The summed E-state index contributed by atoms with van der Waals surface area (Å²) in [6.07, 6.45) is 0.696. The quantitative estimate of drug-likeness (QED) is 0.721. The molecule has 0 spiro atoms. The van der Waals surface area contributed by atoms with Crippen LogP contribution in [0.5, 0.6) is 0 Å². The van der Waals surface area contributed by atoms with Crippen molar-refractivity contribution in [2.75, 3.05) is 33.3 Å². The Kier molecular flexibility index (Phi) is 3.43. The van der Waals surface area contributed by atoms with Crippen molar-refractivity contribution in [1.29, 1.82) is 0 Å². The molecule has 2 saturated heterocycles. The molecular weight excluding hydrogens is 220 g/mol. The van der Waals surface area contributed by atoms with E-state index in [-0.39, 0.29) is 30.3 Å². The number of likely N-dealkylation sites (tertiary alicyclic amines) is 1. The Bertz CT molecular complexity index is 306. The fourth-order valence-corrected chi connectivity index (χ4v) is 2.82. The first kappa shape index (κ1) is 12.8. The molecule has 0 aromatic rings. The van der Waals surface area contributed by atoms with Crippen molar-refractivity contribution in [2.45, 2.75) is 38.0 Å². The number of aliphatic hydroxyl groups is 1. The maximum Gasteiger partial charge on any atom is 0.239 e. The van der Waals surface area contributed by atoms with Gasteiger partial charge in [-0.2, -0.15) is 0 Å². The minimum Gasteiger partial charge on any atom is -0.394 e. The van der Waals surface area contributed by atoms with Crippen molar-refractivity contribution >= 4 is 5.91 Å². The molecule has 2 aliphatic heterocycles. The summed E-state index contributed by atoms with van der Waals surface area (Å²) in [5.41, 5.74) is -0.299. The highest BCUT2D eigenvalue weighted by molar-refractivity contribution is 5.83. The molecule has 17 heavy (non-hydrogen) atoms. The van der Waals surface area contributed by atoms with Gasteiger partial charge >= 0.3 is 0 Å². The molecule has 2 rings (SSSR count). The molecule has 5 heteroatoms. The third kappa shape index (κ3) is 2.61. The number of rotatable bonds is 2. The lowest BCUT2D eigenvalue weighted by Crippen LogP contribution is -2.58. The molecular formula is C12H22N2O3. The molecule has 1 amide bonds. The summed E-state index contributed by atoms with van der Waals surface area (Å²) in [5.74, 6) is 0.194. The Hall–Kier alpha value is -0.650. The zero-order valence-corrected chi connectivity index (χ0v) is 10.8. The Labute approximate surface area is 102 Å². The smallest absolute Gasteiger partial charge is 0.239 e. The van der Waals surface area contributed by atoms with E-state index in [9.17, 15) is 9.90 Å². The Morgan fingerprint density at radius 3 is 2.76 bits per heavy atom. The second-order valence-corrected chi connectivity index (χ2v) is 5.68. The van der Waals surface area contributed by atoms with Gasteiger partial charge in [0.25, 0.3) is 0 Å². The summed E-state index contributed by atoms with van der Waals surface area (Å²) in [4.78, 5) is 15.9. The van der Waals surface area contributed by atoms with Crippen LogP contribution in [0, 0.1) is 0 Å². The number of carbonyl (C=O) groups excluding carboxylic acids is 1. The number of carbonyl (C=O) groups is 1. The average molecular weight is 242 g/mol. The second-order valence-electron chi connectivity index (χ2n) is 5.68. The first-order chi connectivity index (χ1) is 7.93. The van der Waals surface area contributed by atoms with E-state index in [0.29, 0.717) is 6.54 Å². The van der Waals surface area contributed by atoms with Gasteiger partial charge < -0.3 is 14.7 Å². The van der Waals surface area contributed by atoms with Crippen molar-refractivity contribution in [2.24, 2.45) is 0 Å². The van der Waals surface area contributed by atoms with E-state index >= 15 is 0 Å². The molecule has 0 bridgehead atoms. The lowest BCUT2D eigenvalue weighted by molar-refractivity contribution is -0.161. The van der Waals surface area contributed by atoms with Crippen LogP contribution in [0.2, 0.25) is 0 Å². The van der Waals surface area contributed by atoms with Crippen LogP contribution in [0.1, 0.15) is 20.3 Å². The number of aliphatic hydroxyl groups excluding tert-OH is 1. The van der Waals surface area contributed by atoms with Gasteiger partial charge in [0.15, 0.2) is 0 Å². The summed E-state index contributed by atoms with van der Waals surface area (Å²) in [7, 11) is 1.84. The van der Waals surface area contributed by atoms with Crippen LogP contribution in [-0.4, -0.2) is 71.8 Å². The van der Waals surface area contributed by atoms with Crippen LogP contribution in [-0.2, 0) is 9.53 Å². The molecule has 0 aromatic carbocycles. The highest BCUT2D eigenvalue weighted by Crippen LogP contribution is 2.26. The summed E-state index contributed by atoms with van der Waals surface area (Å²) >= 11 is 0. The van der Waals surface area contributed by atoms with Crippen molar-refractivity contribution in [3.05, 3.63) is 0 Å². The number of morpholine rings is 1. The number of amides is 1. The van der Waals surface area contributed by atoms with Gasteiger partial charge in [-0.25, -0.2) is 0 Å². The van der Waals surface area contributed by atoms with Crippen LogP contribution < -0.4 is 0 Å². The SMILES string of the molecule is CN1CCC(N2CC(CO)OC(C)(C)C2)C1=O. The molecule has 98 valence electrons. The number of hydrogen-bond acceptors (Lipinski definition) is 4. The first-order valence-electron chi connectivity index (χ1n) is 6.20. The highest BCUT2D eigenvalue weighted by Gasteiger charge is 2.41. The molecule has 0 aliphatic carbocycles. The van der Waals surface area contributed by atoms with Crippen LogP contribution in [0.15, 0.2) is 0 Å². The Morgan fingerprint density at radius 1 is 1.53 bits per heavy atom. The topological polar surface area (TPSA) is 53.0 Å². The highest BCUT2D eigenvalue weighted by atomic mass is 16.5. The molecule has 2 aliphatic rings. The number of ether oxygens (including phenoxy) is 1. The van der Waals surface area contributed by atoms with Gasteiger partial charge in [-0.05, 0) is 20.3 Å². The maximum atomic E-state index is 12.0. The minimum absolute atomic E-state index is 0.0106. The number of nitrogens with zero attached hydrogens (tertiary/aromatic N) is 2. The van der Waals surface area contributed by atoms with Crippen LogP contribution in [0.3, 0.4) is 0 Å². The number of likely N-dealkylation sites (N-methyl/N-ethyl adjacent to an activating group) is 1. The molecule has 2 heterocycles. The average Bonchev–Trinajstić information content (AvgIpc) is 2.57. The largest absolute Gasteiger partial charge is 0.394 e. The van der Waals surface area contributed by atoms with E-state index in [1.165, 1.54) is 0 Å². The molecule has 2 unspecified atom stereocenters. The van der Waals surface area contributed by atoms with Gasteiger partial charge in [-0.1, -0.05) is 0 Å². The molecule has 5 nitrogen and oxygen atoms in total. The molecule has 0 aromatic heterocycles. The van der Waals surface area contributed by atoms with E-state index in [2.05, 4.69) is 4.90 Å². The minimum atomic E-state index is -0.299. The normalized spacial score (nSPS) is 34.4. The predicted octanol–water partition coefficient (Wildman–Crippen LogP) is -0.311. The third-order valence-corrected chi connectivity index (χ3v) is 3.55. The molecule has 2 fully saturated rings. The fourth-order valence-electron chi connectivity index (χ4n) is 2.82. The monoisotopic (exact) mass is 242 g/mol. The van der Waals surface area contributed by atoms with Crippen LogP contribution in [0.25, 0.3) is 0 Å². The molecule has 2 atom stereocenters. The lowest BCUT2D eigenvalue weighted by atomic mass is 10.0. The maximum absolute atomic E-state index is 12.0. The van der Waals surface area contributed by atoms with E-state index in [4.69, 9.17) is 4.74 Å². The second kappa shape index (κ2) is 4.55. The summed E-state index contributed by atoms with van der Waals surface area (Å²) < 4.78 is 5.76. The van der Waals surface area contributed by atoms with Crippen molar-refractivity contribution < 1.29 is 14.6 Å². The third-order valence-electron chi connectivity index (χ3n) is 3.55. The van der Waals surface area contributed by atoms with Gasteiger partial charge in [-0.15, -0.1) is 0 Å². The van der Waals surface area contributed by atoms with Gasteiger partial charge in [0.05, 0.1) is 24.4 Å². The number of hydrogen-bond donors (Lipinski definition) is 1. The van der Waals surface area contributed by atoms with Gasteiger partial charge in [0, 0.05) is 26.7 Å².